The van der Waals surface area contributed by atoms with Gasteiger partial charge >= 0.3 is 0 Å². The molecule has 0 amide bonds. The quantitative estimate of drug-likeness (QED) is 0.682. The van der Waals surface area contributed by atoms with Crippen LogP contribution in [0.2, 0.25) is 0 Å². The Hall–Kier alpha value is -3.02. The predicted octanol–water partition coefficient (Wildman–Crippen LogP) is 2.04. The van der Waals surface area contributed by atoms with Crippen molar-refractivity contribution in [2.45, 2.75) is 13.1 Å². The van der Waals surface area contributed by atoms with E-state index in [1.165, 1.54) is 6.07 Å². The molecule has 23 heavy (non-hydrogen) atoms. The molecule has 0 aliphatic carbocycles. The van der Waals surface area contributed by atoms with Crippen LogP contribution in [0.5, 0.6) is 0 Å². The van der Waals surface area contributed by atoms with Gasteiger partial charge in [0, 0.05) is 31.0 Å². The van der Waals surface area contributed by atoms with Crippen LogP contribution in [0.1, 0.15) is 11.1 Å². The summed E-state index contributed by atoms with van der Waals surface area (Å²) in [5.74, 6) is -0.356. The van der Waals surface area contributed by atoms with E-state index >= 15 is 0 Å². The molecule has 0 spiro atoms. The van der Waals surface area contributed by atoms with Crippen LogP contribution in [0.15, 0.2) is 58.4 Å². The van der Waals surface area contributed by atoms with Crippen molar-refractivity contribution in [3.8, 4) is 0 Å². The summed E-state index contributed by atoms with van der Waals surface area (Å²) in [6.07, 6.45) is 3.30. The van der Waals surface area contributed by atoms with Crippen LogP contribution in [-0.4, -0.2) is 4.98 Å². The Bertz CT molecular complexity index is 886. The van der Waals surface area contributed by atoms with E-state index in [0.717, 1.165) is 5.56 Å². The van der Waals surface area contributed by atoms with E-state index in [0.29, 0.717) is 12.1 Å². The second-order valence-corrected chi connectivity index (χ2v) is 5.06. The molecule has 0 aliphatic rings. The van der Waals surface area contributed by atoms with Crippen molar-refractivity contribution in [3.63, 3.8) is 0 Å². The van der Waals surface area contributed by atoms with Crippen LogP contribution in [0.3, 0.4) is 0 Å². The molecule has 3 rings (SSSR count). The van der Waals surface area contributed by atoms with Crippen molar-refractivity contribution < 1.29 is 4.39 Å². The molecule has 5 nitrogen and oxygen atoms in total. The van der Waals surface area contributed by atoms with Gasteiger partial charge in [-0.3, -0.25) is 14.6 Å². The van der Waals surface area contributed by atoms with E-state index < -0.39 is 10.9 Å². The SMILES string of the molecule is O=c1c(NCc2ccncc2)c(NCc2ccccc2F)c1=O. The third-order valence-corrected chi connectivity index (χ3v) is 3.54. The zero-order valence-electron chi connectivity index (χ0n) is 12.2. The van der Waals surface area contributed by atoms with Crippen LogP contribution >= 0.6 is 0 Å². The Morgan fingerprint density at radius 1 is 0.870 bits per heavy atom. The molecule has 0 aliphatic heterocycles. The second kappa shape index (κ2) is 6.39. The highest BCUT2D eigenvalue weighted by Crippen LogP contribution is 2.17. The third kappa shape index (κ3) is 3.11. The number of pyridine rings is 1. The van der Waals surface area contributed by atoms with Gasteiger partial charge in [-0.15, -0.1) is 0 Å². The predicted molar refractivity (Wildman–Crippen MR) is 86.6 cm³/mol. The molecular weight excluding hydrogens is 297 g/mol. The number of benzene rings is 1. The molecule has 3 aromatic rings. The van der Waals surface area contributed by atoms with Crippen LogP contribution < -0.4 is 21.5 Å². The van der Waals surface area contributed by atoms with Crippen molar-refractivity contribution in [2.24, 2.45) is 0 Å². The Labute approximate surface area is 131 Å². The molecule has 1 aromatic heterocycles. The number of nitrogens with zero attached hydrogens (tertiary/aromatic N) is 1. The molecule has 0 fully saturated rings. The summed E-state index contributed by atoms with van der Waals surface area (Å²) in [6, 6.07) is 9.90. The van der Waals surface area contributed by atoms with Crippen molar-refractivity contribution >= 4 is 11.4 Å². The Morgan fingerprint density at radius 2 is 1.48 bits per heavy atom. The van der Waals surface area contributed by atoms with Crippen molar-refractivity contribution in [3.05, 3.63) is 86.2 Å². The van der Waals surface area contributed by atoms with Gasteiger partial charge in [-0.25, -0.2) is 4.39 Å². The second-order valence-electron chi connectivity index (χ2n) is 5.06. The van der Waals surface area contributed by atoms with Crippen molar-refractivity contribution in [1.82, 2.24) is 4.98 Å². The molecule has 2 N–H and O–H groups in total. The molecule has 1 heterocycles. The number of aromatic nitrogens is 1. The van der Waals surface area contributed by atoms with Crippen LogP contribution in [0, 0.1) is 5.82 Å². The molecule has 116 valence electrons. The van der Waals surface area contributed by atoms with E-state index in [9.17, 15) is 14.0 Å². The molecule has 0 radical (unpaired) electrons. The fourth-order valence-corrected chi connectivity index (χ4v) is 2.25. The summed E-state index contributed by atoms with van der Waals surface area (Å²) in [6.45, 7) is 0.545. The third-order valence-electron chi connectivity index (χ3n) is 3.54. The Kier molecular flexibility index (Phi) is 4.14. The van der Waals surface area contributed by atoms with Gasteiger partial charge in [-0.2, -0.15) is 0 Å². The Balaban J connectivity index is 1.69. The monoisotopic (exact) mass is 311 g/mol. The first-order valence-electron chi connectivity index (χ1n) is 7.10. The van der Waals surface area contributed by atoms with Crippen LogP contribution in [0.4, 0.5) is 15.8 Å². The first-order chi connectivity index (χ1) is 11.2. The van der Waals surface area contributed by atoms with Gasteiger partial charge in [0.25, 0.3) is 10.9 Å². The minimum atomic E-state index is -0.585. The lowest BCUT2D eigenvalue weighted by Gasteiger charge is -2.15. The highest BCUT2D eigenvalue weighted by molar-refractivity contribution is 5.74. The first kappa shape index (κ1) is 14.9. The number of hydrogen-bond acceptors (Lipinski definition) is 5. The topological polar surface area (TPSA) is 71.1 Å². The van der Waals surface area contributed by atoms with Gasteiger partial charge in [-0.05, 0) is 23.8 Å². The molecule has 0 unspecified atom stereocenters. The zero-order chi connectivity index (χ0) is 16.2. The summed E-state index contributed by atoms with van der Waals surface area (Å²) in [5, 5.41) is 5.78. The highest BCUT2D eigenvalue weighted by Gasteiger charge is 2.20. The molecule has 2 aromatic carbocycles. The van der Waals surface area contributed by atoms with E-state index in [-0.39, 0.29) is 23.7 Å². The Morgan fingerprint density at radius 3 is 2.13 bits per heavy atom. The number of nitrogens with one attached hydrogen (secondary N) is 2. The largest absolute Gasteiger partial charge is 0.376 e. The number of rotatable bonds is 6. The molecular formula is C17H14FN3O2. The lowest BCUT2D eigenvalue weighted by molar-refractivity contribution is 0.613. The summed E-state index contributed by atoms with van der Waals surface area (Å²) < 4.78 is 13.6. The molecule has 6 heteroatoms. The summed E-state index contributed by atoms with van der Waals surface area (Å²) in [7, 11) is 0. The summed E-state index contributed by atoms with van der Waals surface area (Å²) in [4.78, 5) is 27.3. The molecule has 0 bridgehead atoms. The molecule has 0 atom stereocenters. The first-order valence-corrected chi connectivity index (χ1v) is 7.10. The minimum absolute atomic E-state index is 0.140. The van der Waals surface area contributed by atoms with Crippen LogP contribution in [-0.2, 0) is 13.1 Å². The standard InChI is InChI=1S/C17H14FN3O2/c18-13-4-2-1-3-12(13)10-21-15-14(16(22)17(15)23)20-9-11-5-7-19-8-6-11/h1-8,20-21H,9-10H2. The van der Waals surface area contributed by atoms with E-state index in [1.54, 1.807) is 30.6 Å². The lowest BCUT2D eigenvalue weighted by atomic mass is 10.1. The van der Waals surface area contributed by atoms with Gasteiger partial charge in [0.15, 0.2) is 0 Å². The van der Waals surface area contributed by atoms with Crippen LogP contribution in [0.25, 0.3) is 0 Å². The number of hydrogen-bond donors (Lipinski definition) is 2. The maximum atomic E-state index is 13.6. The maximum absolute atomic E-state index is 13.6. The van der Waals surface area contributed by atoms with Gasteiger partial charge in [0.1, 0.15) is 17.2 Å². The smallest absolute Gasteiger partial charge is 0.253 e. The summed E-state index contributed by atoms with van der Waals surface area (Å²) in [5.41, 5.74) is 0.665. The van der Waals surface area contributed by atoms with Crippen molar-refractivity contribution in [1.29, 1.82) is 0 Å². The van der Waals surface area contributed by atoms with E-state index in [4.69, 9.17) is 0 Å². The summed E-state index contributed by atoms with van der Waals surface area (Å²) >= 11 is 0. The fraction of sp³-hybridized carbons (Fsp3) is 0.118. The van der Waals surface area contributed by atoms with Gasteiger partial charge in [0.05, 0.1) is 0 Å². The highest BCUT2D eigenvalue weighted by atomic mass is 19.1. The number of anilines is 2. The van der Waals surface area contributed by atoms with Gasteiger partial charge in [-0.1, -0.05) is 18.2 Å². The number of halogens is 1. The molecule has 0 saturated carbocycles. The average molecular weight is 311 g/mol. The maximum Gasteiger partial charge on any atom is 0.253 e. The normalized spacial score (nSPS) is 10.7. The minimum Gasteiger partial charge on any atom is -0.376 e. The van der Waals surface area contributed by atoms with Gasteiger partial charge in [0.2, 0.25) is 0 Å². The van der Waals surface area contributed by atoms with Crippen molar-refractivity contribution in [2.75, 3.05) is 10.6 Å². The average Bonchev–Trinajstić information content (AvgIpc) is 2.59. The van der Waals surface area contributed by atoms with E-state index in [1.807, 2.05) is 12.1 Å². The van der Waals surface area contributed by atoms with Gasteiger partial charge < -0.3 is 10.6 Å². The van der Waals surface area contributed by atoms with E-state index in [2.05, 4.69) is 15.6 Å². The molecule has 0 saturated heterocycles. The lowest BCUT2D eigenvalue weighted by Crippen LogP contribution is -2.37. The fourth-order valence-electron chi connectivity index (χ4n) is 2.25. The zero-order valence-corrected chi connectivity index (χ0v) is 12.2.